The number of nitrogens with zero attached hydrogens (tertiary/aromatic N) is 1. The van der Waals surface area contributed by atoms with Gasteiger partial charge in [0.15, 0.2) is 0 Å². The summed E-state index contributed by atoms with van der Waals surface area (Å²) in [5, 5.41) is 3.47. The number of rotatable bonds is 5. The van der Waals surface area contributed by atoms with Crippen molar-refractivity contribution >= 4 is 15.9 Å². The molecule has 1 aromatic rings. The van der Waals surface area contributed by atoms with Gasteiger partial charge in [0.1, 0.15) is 0 Å². The molecular formula is C16H23BrN2. The van der Waals surface area contributed by atoms with Crippen LogP contribution in [-0.4, -0.2) is 30.6 Å². The zero-order valence-electron chi connectivity index (χ0n) is 11.4. The minimum Gasteiger partial charge on any atom is -0.317 e. The molecule has 2 fully saturated rings. The summed E-state index contributed by atoms with van der Waals surface area (Å²) in [6.07, 6.45) is 5.51. The van der Waals surface area contributed by atoms with Crippen LogP contribution < -0.4 is 5.32 Å². The third-order valence-electron chi connectivity index (χ3n) is 4.31. The highest BCUT2D eigenvalue weighted by atomic mass is 79.9. The number of hydrogen-bond donors (Lipinski definition) is 1. The molecule has 0 spiro atoms. The molecule has 0 unspecified atom stereocenters. The largest absolute Gasteiger partial charge is 0.317 e. The number of piperidine rings is 1. The molecule has 1 N–H and O–H groups in total. The summed E-state index contributed by atoms with van der Waals surface area (Å²) in [4.78, 5) is 2.72. The molecule has 3 rings (SSSR count). The van der Waals surface area contributed by atoms with Crippen LogP contribution in [0.3, 0.4) is 0 Å². The molecule has 3 heteroatoms. The average Bonchev–Trinajstić information content (AvgIpc) is 3.26. The zero-order chi connectivity index (χ0) is 13.1. The summed E-state index contributed by atoms with van der Waals surface area (Å²) >= 11 is 3.51. The van der Waals surface area contributed by atoms with Gasteiger partial charge in [-0.15, -0.1) is 0 Å². The van der Waals surface area contributed by atoms with Crippen LogP contribution in [0, 0.1) is 5.92 Å². The minimum absolute atomic E-state index is 0.860. The Kier molecular flexibility index (Phi) is 4.57. The normalized spacial score (nSPS) is 20.9. The first kappa shape index (κ1) is 13.6. The second-order valence-electron chi connectivity index (χ2n) is 5.98. The first-order chi connectivity index (χ1) is 9.31. The molecule has 1 heterocycles. The van der Waals surface area contributed by atoms with E-state index in [2.05, 4.69) is 50.4 Å². The second kappa shape index (κ2) is 6.38. The van der Waals surface area contributed by atoms with E-state index < -0.39 is 0 Å². The highest BCUT2D eigenvalue weighted by Crippen LogP contribution is 2.30. The molecule has 1 aliphatic carbocycles. The van der Waals surface area contributed by atoms with Crippen molar-refractivity contribution in [3.8, 4) is 0 Å². The van der Waals surface area contributed by atoms with Gasteiger partial charge in [-0.3, -0.25) is 4.90 Å². The van der Waals surface area contributed by atoms with Crippen LogP contribution in [0.25, 0.3) is 0 Å². The molecule has 1 saturated carbocycles. The van der Waals surface area contributed by atoms with Crippen molar-refractivity contribution in [1.82, 2.24) is 10.2 Å². The van der Waals surface area contributed by atoms with Crippen LogP contribution in [0.15, 0.2) is 28.7 Å². The molecule has 0 aromatic heterocycles. The monoisotopic (exact) mass is 322 g/mol. The van der Waals surface area contributed by atoms with Crippen molar-refractivity contribution in [3.63, 3.8) is 0 Å². The van der Waals surface area contributed by atoms with Gasteiger partial charge in [-0.05, 0) is 62.4 Å². The van der Waals surface area contributed by atoms with E-state index in [-0.39, 0.29) is 0 Å². The standard InChI is InChI=1S/C16H23BrN2/c17-15-3-1-13(2-4-15)11-19(16-5-6-16)12-14-7-9-18-10-8-14/h1-4,14,16,18H,5-12H2. The van der Waals surface area contributed by atoms with Gasteiger partial charge in [-0.25, -0.2) is 0 Å². The van der Waals surface area contributed by atoms with Crippen molar-refractivity contribution in [2.75, 3.05) is 19.6 Å². The van der Waals surface area contributed by atoms with E-state index in [1.807, 2.05) is 0 Å². The topological polar surface area (TPSA) is 15.3 Å². The Morgan fingerprint density at radius 1 is 1.05 bits per heavy atom. The smallest absolute Gasteiger partial charge is 0.0236 e. The predicted molar refractivity (Wildman–Crippen MR) is 83.2 cm³/mol. The van der Waals surface area contributed by atoms with Gasteiger partial charge in [-0.2, -0.15) is 0 Å². The van der Waals surface area contributed by atoms with Gasteiger partial charge in [0.25, 0.3) is 0 Å². The van der Waals surface area contributed by atoms with E-state index in [0.29, 0.717) is 0 Å². The lowest BCUT2D eigenvalue weighted by molar-refractivity contribution is 0.190. The Morgan fingerprint density at radius 3 is 2.37 bits per heavy atom. The molecule has 0 bridgehead atoms. The highest BCUT2D eigenvalue weighted by Gasteiger charge is 2.30. The zero-order valence-corrected chi connectivity index (χ0v) is 13.0. The van der Waals surface area contributed by atoms with E-state index >= 15 is 0 Å². The van der Waals surface area contributed by atoms with Gasteiger partial charge in [0.2, 0.25) is 0 Å². The fourth-order valence-corrected chi connectivity index (χ4v) is 3.27. The first-order valence-electron chi connectivity index (χ1n) is 7.50. The van der Waals surface area contributed by atoms with Crippen LogP contribution in [0.2, 0.25) is 0 Å². The fourth-order valence-electron chi connectivity index (χ4n) is 3.00. The Hall–Kier alpha value is -0.380. The molecule has 0 radical (unpaired) electrons. The van der Waals surface area contributed by atoms with Gasteiger partial charge in [0, 0.05) is 23.6 Å². The maximum atomic E-state index is 3.51. The van der Waals surface area contributed by atoms with Crippen LogP contribution in [-0.2, 0) is 6.54 Å². The Labute approximate surface area is 124 Å². The van der Waals surface area contributed by atoms with Crippen LogP contribution >= 0.6 is 15.9 Å². The van der Waals surface area contributed by atoms with E-state index in [4.69, 9.17) is 0 Å². The molecule has 1 saturated heterocycles. The molecule has 0 atom stereocenters. The third-order valence-corrected chi connectivity index (χ3v) is 4.84. The van der Waals surface area contributed by atoms with Gasteiger partial charge >= 0.3 is 0 Å². The molecular weight excluding hydrogens is 300 g/mol. The summed E-state index contributed by atoms with van der Waals surface area (Å²) in [6.45, 7) is 4.84. The molecule has 2 nitrogen and oxygen atoms in total. The van der Waals surface area contributed by atoms with Gasteiger partial charge in [-0.1, -0.05) is 28.1 Å². The van der Waals surface area contributed by atoms with Gasteiger partial charge < -0.3 is 5.32 Å². The summed E-state index contributed by atoms with van der Waals surface area (Å²) < 4.78 is 1.17. The quantitative estimate of drug-likeness (QED) is 0.893. The maximum absolute atomic E-state index is 3.51. The van der Waals surface area contributed by atoms with Crippen molar-refractivity contribution in [3.05, 3.63) is 34.3 Å². The number of halogens is 1. The van der Waals surface area contributed by atoms with Crippen LogP contribution in [0.4, 0.5) is 0 Å². The Bertz CT molecular complexity index is 394. The molecule has 0 amide bonds. The lowest BCUT2D eigenvalue weighted by Crippen LogP contribution is -2.37. The second-order valence-corrected chi connectivity index (χ2v) is 6.90. The van der Waals surface area contributed by atoms with Crippen LogP contribution in [0.5, 0.6) is 0 Å². The summed E-state index contributed by atoms with van der Waals surface area (Å²) in [7, 11) is 0. The van der Waals surface area contributed by atoms with Crippen molar-refractivity contribution in [2.45, 2.75) is 38.3 Å². The van der Waals surface area contributed by atoms with Crippen molar-refractivity contribution in [2.24, 2.45) is 5.92 Å². The third kappa shape index (κ3) is 4.04. The highest BCUT2D eigenvalue weighted by molar-refractivity contribution is 9.10. The van der Waals surface area contributed by atoms with Crippen molar-refractivity contribution in [1.29, 1.82) is 0 Å². The van der Waals surface area contributed by atoms with E-state index in [9.17, 15) is 0 Å². The van der Waals surface area contributed by atoms with Crippen molar-refractivity contribution < 1.29 is 0 Å². The molecule has 1 aromatic carbocycles. The molecule has 19 heavy (non-hydrogen) atoms. The van der Waals surface area contributed by atoms with E-state index in [0.717, 1.165) is 18.5 Å². The molecule has 2 aliphatic rings. The number of nitrogens with one attached hydrogen (secondary N) is 1. The van der Waals surface area contributed by atoms with Gasteiger partial charge in [0.05, 0.1) is 0 Å². The molecule has 104 valence electrons. The van der Waals surface area contributed by atoms with E-state index in [1.165, 1.54) is 55.4 Å². The lowest BCUT2D eigenvalue weighted by Gasteiger charge is -2.30. The number of benzene rings is 1. The van der Waals surface area contributed by atoms with Crippen LogP contribution in [0.1, 0.15) is 31.2 Å². The summed E-state index contributed by atoms with van der Waals surface area (Å²) in [5.74, 6) is 0.900. The lowest BCUT2D eigenvalue weighted by atomic mass is 9.97. The number of hydrogen-bond acceptors (Lipinski definition) is 2. The fraction of sp³-hybridized carbons (Fsp3) is 0.625. The average molecular weight is 323 g/mol. The van der Waals surface area contributed by atoms with E-state index in [1.54, 1.807) is 0 Å². The maximum Gasteiger partial charge on any atom is 0.0236 e. The minimum atomic E-state index is 0.860. The Balaban J connectivity index is 1.59. The molecule has 1 aliphatic heterocycles. The first-order valence-corrected chi connectivity index (χ1v) is 8.30. The Morgan fingerprint density at radius 2 is 1.74 bits per heavy atom. The predicted octanol–water partition coefficient (Wildman–Crippen LogP) is 3.41. The summed E-state index contributed by atoms with van der Waals surface area (Å²) in [5.41, 5.74) is 1.45. The summed E-state index contributed by atoms with van der Waals surface area (Å²) in [6, 6.07) is 9.68. The SMILES string of the molecule is Brc1ccc(CN(CC2CCNCC2)C2CC2)cc1.